The fraction of sp³-hybridized carbons (Fsp3) is 0.533. The smallest absolute Gasteiger partial charge is 0.257 e. The summed E-state index contributed by atoms with van der Waals surface area (Å²) in [4.78, 5) is 11.7. The number of halogens is 2. The molecule has 1 N–H and O–H groups in total. The molecule has 1 aliphatic carbocycles. The van der Waals surface area contributed by atoms with Gasteiger partial charge in [0.2, 0.25) is 0 Å². The van der Waals surface area contributed by atoms with Gasteiger partial charge >= 0.3 is 0 Å². The van der Waals surface area contributed by atoms with Gasteiger partial charge in [0, 0.05) is 12.6 Å². The summed E-state index contributed by atoms with van der Waals surface area (Å²) < 4.78 is 5.39. The fourth-order valence-corrected chi connectivity index (χ4v) is 2.70. The Morgan fingerprint density at radius 2 is 1.95 bits per heavy atom. The van der Waals surface area contributed by atoms with Crippen LogP contribution in [0.15, 0.2) is 18.2 Å². The van der Waals surface area contributed by atoms with Crippen LogP contribution in [0.5, 0.6) is 5.75 Å². The van der Waals surface area contributed by atoms with E-state index in [1.165, 1.54) is 32.1 Å². The zero-order chi connectivity index (χ0) is 14.4. The van der Waals surface area contributed by atoms with Crippen LogP contribution in [0, 0.1) is 5.92 Å². The monoisotopic (exact) mass is 315 g/mol. The van der Waals surface area contributed by atoms with Crippen molar-refractivity contribution in [1.29, 1.82) is 0 Å². The Bertz CT molecular complexity index is 459. The molecule has 1 amide bonds. The third-order valence-corrected chi connectivity index (χ3v) is 4.31. The summed E-state index contributed by atoms with van der Waals surface area (Å²) >= 11 is 11.7. The molecule has 0 aromatic heterocycles. The second-order valence-corrected chi connectivity index (χ2v) is 5.99. The minimum atomic E-state index is -0.0957. The number of ether oxygens (including phenoxy) is 1. The lowest BCUT2D eigenvalue weighted by Gasteiger charge is -2.21. The van der Waals surface area contributed by atoms with Crippen molar-refractivity contribution in [2.45, 2.75) is 32.1 Å². The van der Waals surface area contributed by atoms with Gasteiger partial charge in [0.05, 0.1) is 10.0 Å². The number of hydrogen-bond donors (Lipinski definition) is 1. The van der Waals surface area contributed by atoms with Crippen LogP contribution in [0.3, 0.4) is 0 Å². The molecular formula is C15H19Cl2NO2. The van der Waals surface area contributed by atoms with Gasteiger partial charge in [-0.05, 0) is 30.9 Å². The molecule has 2 rings (SSSR count). The van der Waals surface area contributed by atoms with Crippen molar-refractivity contribution in [2.75, 3.05) is 13.2 Å². The molecule has 0 unspecified atom stereocenters. The molecule has 0 aliphatic heterocycles. The van der Waals surface area contributed by atoms with Gasteiger partial charge in [-0.1, -0.05) is 42.5 Å². The topological polar surface area (TPSA) is 38.3 Å². The molecule has 1 aromatic rings. The maximum Gasteiger partial charge on any atom is 0.257 e. The molecule has 0 bridgehead atoms. The van der Waals surface area contributed by atoms with Crippen molar-refractivity contribution in [3.05, 3.63) is 28.2 Å². The molecule has 1 aromatic carbocycles. The number of hydrogen-bond acceptors (Lipinski definition) is 2. The van der Waals surface area contributed by atoms with Crippen LogP contribution in [0.25, 0.3) is 0 Å². The Morgan fingerprint density at radius 1 is 1.20 bits per heavy atom. The van der Waals surface area contributed by atoms with Crippen molar-refractivity contribution in [3.8, 4) is 5.75 Å². The summed E-state index contributed by atoms with van der Waals surface area (Å²) in [6.07, 6.45) is 6.31. The molecule has 1 saturated carbocycles. The van der Waals surface area contributed by atoms with E-state index in [0.29, 0.717) is 21.7 Å². The van der Waals surface area contributed by atoms with E-state index < -0.39 is 0 Å². The number of carbonyl (C=O) groups is 1. The Kier molecular flexibility index (Phi) is 5.99. The number of nitrogens with one attached hydrogen (secondary N) is 1. The number of amides is 1. The second kappa shape index (κ2) is 7.75. The third-order valence-electron chi connectivity index (χ3n) is 3.57. The van der Waals surface area contributed by atoms with E-state index in [4.69, 9.17) is 27.9 Å². The third kappa shape index (κ3) is 4.88. The average Bonchev–Trinajstić information content (AvgIpc) is 2.47. The largest absolute Gasteiger partial charge is 0.484 e. The highest BCUT2D eigenvalue weighted by atomic mass is 35.5. The van der Waals surface area contributed by atoms with Gasteiger partial charge in [-0.15, -0.1) is 0 Å². The summed E-state index contributed by atoms with van der Waals surface area (Å²) in [6, 6.07) is 4.96. The molecule has 110 valence electrons. The number of carbonyl (C=O) groups excluding carboxylic acids is 1. The predicted molar refractivity (Wildman–Crippen MR) is 81.5 cm³/mol. The number of benzene rings is 1. The Balaban J connectivity index is 1.70. The normalized spacial score (nSPS) is 15.9. The zero-order valence-corrected chi connectivity index (χ0v) is 12.8. The van der Waals surface area contributed by atoms with E-state index in [0.717, 1.165) is 6.54 Å². The average molecular weight is 316 g/mol. The summed E-state index contributed by atoms with van der Waals surface area (Å²) in [5.74, 6) is 1.08. The van der Waals surface area contributed by atoms with Crippen LogP contribution in [0.1, 0.15) is 32.1 Å². The van der Waals surface area contributed by atoms with Gasteiger partial charge in [0.25, 0.3) is 5.91 Å². The summed E-state index contributed by atoms with van der Waals surface area (Å²) in [6.45, 7) is 0.758. The van der Waals surface area contributed by atoms with E-state index in [1.807, 2.05) is 0 Å². The Morgan fingerprint density at radius 3 is 2.65 bits per heavy atom. The van der Waals surface area contributed by atoms with Crippen LogP contribution >= 0.6 is 23.2 Å². The van der Waals surface area contributed by atoms with Gasteiger partial charge < -0.3 is 10.1 Å². The van der Waals surface area contributed by atoms with Crippen LogP contribution in [0.4, 0.5) is 0 Å². The first kappa shape index (κ1) is 15.5. The molecule has 0 heterocycles. The molecule has 3 nitrogen and oxygen atoms in total. The van der Waals surface area contributed by atoms with Gasteiger partial charge in [-0.2, -0.15) is 0 Å². The first-order chi connectivity index (χ1) is 9.65. The first-order valence-electron chi connectivity index (χ1n) is 6.99. The summed E-state index contributed by atoms with van der Waals surface area (Å²) in [7, 11) is 0. The highest BCUT2D eigenvalue weighted by molar-refractivity contribution is 6.42. The van der Waals surface area contributed by atoms with Crippen LogP contribution < -0.4 is 10.1 Å². The van der Waals surface area contributed by atoms with Crippen LogP contribution in [-0.4, -0.2) is 19.1 Å². The minimum absolute atomic E-state index is 0.00464. The molecule has 1 aliphatic rings. The van der Waals surface area contributed by atoms with Crippen molar-refractivity contribution < 1.29 is 9.53 Å². The zero-order valence-electron chi connectivity index (χ0n) is 11.3. The van der Waals surface area contributed by atoms with Crippen molar-refractivity contribution >= 4 is 29.1 Å². The quantitative estimate of drug-likeness (QED) is 0.889. The maximum absolute atomic E-state index is 11.7. The summed E-state index contributed by atoms with van der Waals surface area (Å²) in [5, 5.41) is 3.82. The maximum atomic E-state index is 11.7. The molecule has 0 atom stereocenters. The van der Waals surface area contributed by atoms with E-state index in [2.05, 4.69) is 5.32 Å². The SMILES string of the molecule is O=C(COc1ccc(Cl)c(Cl)c1)NCC1CCCCC1. The van der Waals surface area contributed by atoms with E-state index >= 15 is 0 Å². The molecule has 20 heavy (non-hydrogen) atoms. The van der Waals surface area contributed by atoms with E-state index in [9.17, 15) is 4.79 Å². The van der Waals surface area contributed by atoms with Gasteiger partial charge in [-0.25, -0.2) is 0 Å². The Labute approximate surface area is 129 Å². The minimum Gasteiger partial charge on any atom is -0.484 e. The summed E-state index contributed by atoms with van der Waals surface area (Å²) in [5.41, 5.74) is 0. The van der Waals surface area contributed by atoms with Crippen molar-refractivity contribution in [2.24, 2.45) is 5.92 Å². The van der Waals surface area contributed by atoms with Gasteiger partial charge in [0.15, 0.2) is 6.61 Å². The fourth-order valence-electron chi connectivity index (χ4n) is 2.42. The van der Waals surface area contributed by atoms with E-state index in [-0.39, 0.29) is 12.5 Å². The molecule has 1 fully saturated rings. The van der Waals surface area contributed by atoms with Crippen LogP contribution in [-0.2, 0) is 4.79 Å². The van der Waals surface area contributed by atoms with Crippen molar-refractivity contribution in [1.82, 2.24) is 5.32 Å². The Hall–Kier alpha value is -0.930. The molecule has 0 spiro atoms. The highest BCUT2D eigenvalue weighted by Gasteiger charge is 2.14. The second-order valence-electron chi connectivity index (χ2n) is 5.17. The lowest BCUT2D eigenvalue weighted by atomic mass is 9.89. The predicted octanol–water partition coefficient (Wildman–Crippen LogP) is 4.07. The van der Waals surface area contributed by atoms with Crippen LogP contribution in [0.2, 0.25) is 10.0 Å². The van der Waals surface area contributed by atoms with Gasteiger partial charge in [0.1, 0.15) is 5.75 Å². The van der Waals surface area contributed by atoms with Gasteiger partial charge in [-0.3, -0.25) is 4.79 Å². The lowest BCUT2D eigenvalue weighted by molar-refractivity contribution is -0.123. The lowest BCUT2D eigenvalue weighted by Crippen LogP contribution is -2.33. The first-order valence-corrected chi connectivity index (χ1v) is 7.75. The molecule has 5 heteroatoms. The molecule has 0 radical (unpaired) electrons. The number of rotatable bonds is 5. The molecule has 0 saturated heterocycles. The van der Waals surface area contributed by atoms with Crippen molar-refractivity contribution in [3.63, 3.8) is 0 Å². The highest BCUT2D eigenvalue weighted by Crippen LogP contribution is 2.26. The standard InChI is InChI=1S/C15H19Cl2NO2/c16-13-7-6-12(8-14(13)17)20-10-15(19)18-9-11-4-2-1-3-5-11/h6-8,11H,1-5,9-10H2,(H,18,19). The van der Waals surface area contributed by atoms with E-state index in [1.54, 1.807) is 18.2 Å². The molecular weight excluding hydrogens is 297 g/mol.